The number of amides is 1. The van der Waals surface area contributed by atoms with Crippen LogP contribution in [0.4, 0.5) is 0 Å². The molecule has 1 N–H and O–H groups in total. The van der Waals surface area contributed by atoms with E-state index in [1.165, 1.54) is 23.4 Å². The zero-order valence-corrected chi connectivity index (χ0v) is 15.4. The number of rotatable bonds is 3. The maximum Gasteiger partial charge on any atom is 0.251 e. The highest BCUT2D eigenvalue weighted by molar-refractivity contribution is 5.94. The maximum absolute atomic E-state index is 12.7. The summed E-state index contributed by atoms with van der Waals surface area (Å²) in [7, 11) is 0. The Morgan fingerprint density at radius 2 is 2.15 bits per heavy atom. The van der Waals surface area contributed by atoms with Crippen LogP contribution in [0.2, 0.25) is 0 Å². The Labute approximate surface area is 158 Å². The average Bonchev–Trinajstić information content (AvgIpc) is 3.36. The fraction of sp³-hybridized carbons (Fsp3) is 0.318. The van der Waals surface area contributed by atoms with Gasteiger partial charge in [-0.2, -0.15) is 0 Å². The molecule has 0 unspecified atom stereocenters. The number of nitrogens with zero attached hydrogens (tertiary/aromatic N) is 3. The molecule has 1 amide bonds. The molecule has 0 saturated heterocycles. The molecule has 0 bridgehead atoms. The van der Waals surface area contributed by atoms with Crippen LogP contribution in [0.15, 0.2) is 42.7 Å². The van der Waals surface area contributed by atoms with Crippen LogP contribution in [0, 0.1) is 6.92 Å². The Kier molecular flexibility index (Phi) is 3.81. The van der Waals surface area contributed by atoms with Gasteiger partial charge in [-0.15, -0.1) is 0 Å². The second-order valence-corrected chi connectivity index (χ2v) is 7.50. The molecule has 27 heavy (non-hydrogen) atoms. The maximum atomic E-state index is 12.7. The van der Waals surface area contributed by atoms with Gasteiger partial charge < -0.3 is 9.88 Å². The van der Waals surface area contributed by atoms with Gasteiger partial charge in [0, 0.05) is 42.2 Å². The minimum absolute atomic E-state index is 0.0373. The van der Waals surface area contributed by atoms with Gasteiger partial charge in [0.15, 0.2) is 0 Å². The number of nitrogens with one attached hydrogen (secondary N) is 1. The number of carbonyl (C=O) groups excluding carboxylic acids is 1. The highest BCUT2D eigenvalue weighted by atomic mass is 16.1. The lowest BCUT2D eigenvalue weighted by Crippen LogP contribution is -2.27. The molecule has 1 aromatic carbocycles. The van der Waals surface area contributed by atoms with Gasteiger partial charge in [0.2, 0.25) is 0 Å². The molecule has 5 heteroatoms. The Morgan fingerprint density at radius 3 is 3.00 bits per heavy atom. The van der Waals surface area contributed by atoms with Crippen molar-refractivity contribution in [3.05, 3.63) is 70.9 Å². The summed E-state index contributed by atoms with van der Waals surface area (Å²) in [6.45, 7) is 2.97. The number of imidazole rings is 1. The van der Waals surface area contributed by atoms with Crippen molar-refractivity contribution in [3.8, 4) is 11.3 Å². The molecule has 1 aliphatic heterocycles. The minimum atomic E-state index is -0.0373. The molecule has 5 nitrogen and oxygen atoms in total. The Hall–Kier alpha value is -2.95. The van der Waals surface area contributed by atoms with E-state index in [1.54, 1.807) is 12.3 Å². The number of carbonyl (C=O) groups is 1. The Bertz CT molecular complexity index is 1020. The summed E-state index contributed by atoms with van der Waals surface area (Å²) in [5.41, 5.74) is 6.23. The van der Waals surface area contributed by atoms with E-state index in [1.807, 2.05) is 13.0 Å². The first-order valence-electron chi connectivity index (χ1n) is 9.60. The van der Waals surface area contributed by atoms with Crippen LogP contribution in [0.25, 0.3) is 11.3 Å². The zero-order chi connectivity index (χ0) is 18.4. The van der Waals surface area contributed by atoms with Crippen molar-refractivity contribution in [1.29, 1.82) is 0 Å². The number of aryl methyl sites for hydroxylation is 4. The van der Waals surface area contributed by atoms with Crippen LogP contribution >= 0.6 is 0 Å². The fourth-order valence-corrected chi connectivity index (χ4v) is 4.23. The van der Waals surface area contributed by atoms with E-state index in [4.69, 9.17) is 4.98 Å². The van der Waals surface area contributed by atoms with Crippen LogP contribution in [0.3, 0.4) is 0 Å². The molecule has 0 saturated carbocycles. The van der Waals surface area contributed by atoms with Gasteiger partial charge in [0.1, 0.15) is 5.82 Å². The molecule has 2 aromatic heterocycles. The number of aromatic nitrogens is 3. The number of pyridine rings is 1. The zero-order valence-electron chi connectivity index (χ0n) is 15.4. The first-order chi connectivity index (χ1) is 13.2. The normalized spacial score (nSPS) is 17.6. The van der Waals surface area contributed by atoms with Crippen molar-refractivity contribution in [2.24, 2.45) is 0 Å². The second kappa shape index (κ2) is 6.34. The molecule has 3 aromatic rings. The molecule has 2 aliphatic rings. The lowest BCUT2D eigenvalue weighted by atomic mass is 10.0. The summed E-state index contributed by atoms with van der Waals surface area (Å²) in [5.74, 6) is 1.15. The molecule has 5 rings (SSSR count). The highest BCUT2D eigenvalue weighted by Gasteiger charge is 2.25. The third-order valence-corrected chi connectivity index (χ3v) is 5.64. The molecular formula is C22H22N4O. The van der Waals surface area contributed by atoms with Crippen LogP contribution in [-0.2, 0) is 19.4 Å². The molecule has 0 radical (unpaired) electrons. The molecule has 3 heterocycles. The predicted octanol–water partition coefficient (Wildman–Crippen LogP) is 3.62. The summed E-state index contributed by atoms with van der Waals surface area (Å²) in [4.78, 5) is 21.6. The van der Waals surface area contributed by atoms with Crippen LogP contribution < -0.4 is 5.32 Å². The fourth-order valence-electron chi connectivity index (χ4n) is 4.23. The van der Waals surface area contributed by atoms with Crippen LogP contribution in [-0.4, -0.2) is 20.4 Å². The van der Waals surface area contributed by atoms with Gasteiger partial charge >= 0.3 is 0 Å². The first kappa shape index (κ1) is 16.2. The van der Waals surface area contributed by atoms with Crippen molar-refractivity contribution >= 4 is 5.91 Å². The number of hydrogen-bond acceptors (Lipinski definition) is 3. The van der Waals surface area contributed by atoms with Gasteiger partial charge in [0.05, 0.1) is 11.7 Å². The topological polar surface area (TPSA) is 59.8 Å². The molecule has 1 aliphatic carbocycles. The van der Waals surface area contributed by atoms with Gasteiger partial charge in [0.25, 0.3) is 5.91 Å². The molecule has 136 valence electrons. The third-order valence-electron chi connectivity index (χ3n) is 5.64. The molecular weight excluding hydrogens is 336 g/mol. The number of benzene rings is 1. The van der Waals surface area contributed by atoms with Crippen molar-refractivity contribution in [3.63, 3.8) is 0 Å². The number of hydrogen-bond donors (Lipinski definition) is 1. The van der Waals surface area contributed by atoms with Crippen molar-refractivity contribution in [2.45, 2.75) is 45.2 Å². The SMILES string of the molecule is Cc1cc(C(=O)N[C@@H]2CCc3ccc(-c4cn5c(n4)CCC5)cc32)ccn1. The monoisotopic (exact) mass is 358 g/mol. The number of fused-ring (bicyclic) bond motifs is 2. The first-order valence-corrected chi connectivity index (χ1v) is 9.60. The van der Waals surface area contributed by atoms with E-state index < -0.39 is 0 Å². The lowest BCUT2D eigenvalue weighted by Gasteiger charge is -2.15. The highest BCUT2D eigenvalue weighted by Crippen LogP contribution is 2.35. The summed E-state index contributed by atoms with van der Waals surface area (Å²) >= 11 is 0. The molecule has 0 spiro atoms. The van der Waals surface area contributed by atoms with E-state index in [9.17, 15) is 4.79 Å². The second-order valence-electron chi connectivity index (χ2n) is 7.50. The van der Waals surface area contributed by atoms with Gasteiger partial charge in [-0.25, -0.2) is 4.98 Å². The van der Waals surface area contributed by atoms with Crippen LogP contribution in [0.5, 0.6) is 0 Å². The van der Waals surface area contributed by atoms with E-state index in [0.29, 0.717) is 5.56 Å². The summed E-state index contributed by atoms with van der Waals surface area (Å²) in [6, 6.07) is 10.2. The van der Waals surface area contributed by atoms with Gasteiger partial charge in [-0.3, -0.25) is 9.78 Å². The van der Waals surface area contributed by atoms with Gasteiger partial charge in [-0.05, 0) is 55.5 Å². The minimum Gasteiger partial charge on any atom is -0.345 e. The van der Waals surface area contributed by atoms with Crippen molar-refractivity contribution in [1.82, 2.24) is 19.9 Å². The third kappa shape index (κ3) is 2.93. The Balaban J connectivity index is 1.41. The van der Waals surface area contributed by atoms with Gasteiger partial charge in [-0.1, -0.05) is 12.1 Å². The van der Waals surface area contributed by atoms with Crippen molar-refractivity contribution in [2.75, 3.05) is 0 Å². The lowest BCUT2D eigenvalue weighted by molar-refractivity contribution is 0.0936. The predicted molar refractivity (Wildman–Crippen MR) is 103 cm³/mol. The van der Waals surface area contributed by atoms with E-state index >= 15 is 0 Å². The van der Waals surface area contributed by atoms with E-state index in [-0.39, 0.29) is 11.9 Å². The van der Waals surface area contributed by atoms with Crippen LogP contribution in [0.1, 0.15) is 51.9 Å². The van der Waals surface area contributed by atoms with Crippen molar-refractivity contribution < 1.29 is 4.79 Å². The summed E-state index contributed by atoms with van der Waals surface area (Å²) in [5, 5.41) is 3.20. The quantitative estimate of drug-likeness (QED) is 0.778. The summed E-state index contributed by atoms with van der Waals surface area (Å²) < 4.78 is 2.26. The molecule has 0 fully saturated rings. The van der Waals surface area contributed by atoms with E-state index in [2.05, 4.69) is 39.3 Å². The Morgan fingerprint density at radius 1 is 1.22 bits per heavy atom. The van der Waals surface area contributed by atoms with E-state index in [0.717, 1.165) is 42.8 Å². The summed E-state index contributed by atoms with van der Waals surface area (Å²) in [6.07, 6.45) is 8.03. The molecule has 1 atom stereocenters. The largest absolute Gasteiger partial charge is 0.345 e. The average molecular weight is 358 g/mol. The smallest absolute Gasteiger partial charge is 0.251 e. The standard InChI is InChI=1S/C22H22N4O/c1-14-11-17(8-9-23-14)22(27)25-19-7-6-15-4-5-16(12-18(15)19)20-13-26-10-2-3-21(26)24-20/h4-5,8-9,11-13,19H,2-3,6-7,10H2,1H3,(H,25,27)/t19-/m1/s1.